The van der Waals surface area contributed by atoms with Gasteiger partial charge in [0, 0.05) is 23.7 Å². The van der Waals surface area contributed by atoms with Crippen molar-refractivity contribution < 1.29 is 0 Å². The van der Waals surface area contributed by atoms with Crippen LogP contribution in [0.5, 0.6) is 0 Å². The van der Waals surface area contributed by atoms with E-state index in [-0.39, 0.29) is 0 Å². The van der Waals surface area contributed by atoms with Crippen molar-refractivity contribution in [3.05, 3.63) is 29.6 Å². The molecule has 4 heteroatoms. The minimum absolute atomic E-state index is 0.583. The molecule has 2 aromatic rings. The van der Waals surface area contributed by atoms with E-state index >= 15 is 0 Å². The summed E-state index contributed by atoms with van der Waals surface area (Å²) in [4.78, 5) is 4.77. The molecule has 0 atom stereocenters. The van der Waals surface area contributed by atoms with E-state index in [4.69, 9.17) is 4.98 Å². The molecule has 21 heavy (non-hydrogen) atoms. The van der Waals surface area contributed by atoms with Gasteiger partial charge in [0.25, 0.3) is 0 Å². The number of nitrogens with one attached hydrogen (secondary N) is 2. The molecule has 1 aliphatic carbocycles. The van der Waals surface area contributed by atoms with Crippen LogP contribution in [0.15, 0.2) is 18.2 Å². The number of nitrogens with zero attached hydrogens (tertiary/aromatic N) is 2. The number of anilines is 1. The molecule has 4 rings (SSSR count). The topological polar surface area (TPSA) is 53.6 Å². The van der Waals surface area contributed by atoms with Gasteiger partial charge in [0.1, 0.15) is 5.82 Å². The van der Waals surface area contributed by atoms with Crippen LogP contribution in [0.4, 0.5) is 5.69 Å². The Hall–Kier alpha value is -1.84. The highest BCUT2D eigenvalue weighted by molar-refractivity contribution is 5.64. The third-order valence-electron chi connectivity index (χ3n) is 4.80. The van der Waals surface area contributed by atoms with Crippen molar-refractivity contribution in [1.82, 2.24) is 15.2 Å². The fourth-order valence-corrected chi connectivity index (χ4v) is 3.58. The van der Waals surface area contributed by atoms with Crippen LogP contribution in [-0.2, 0) is 6.42 Å². The lowest BCUT2D eigenvalue weighted by Gasteiger charge is -2.18. The average Bonchev–Trinajstić information content (AvgIpc) is 3.05. The van der Waals surface area contributed by atoms with E-state index in [0.717, 1.165) is 30.2 Å². The number of fused-ring (bicyclic) bond motifs is 1. The Kier molecular flexibility index (Phi) is 3.37. The van der Waals surface area contributed by atoms with Gasteiger partial charge in [0.15, 0.2) is 5.82 Å². The summed E-state index contributed by atoms with van der Waals surface area (Å²) in [6.45, 7) is 1.08. The smallest absolute Gasteiger partial charge is 0.181 e. The second-order valence-corrected chi connectivity index (χ2v) is 6.28. The van der Waals surface area contributed by atoms with Gasteiger partial charge < -0.3 is 5.32 Å². The summed E-state index contributed by atoms with van der Waals surface area (Å²) in [5, 5.41) is 11.1. The van der Waals surface area contributed by atoms with E-state index in [2.05, 4.69) is 33.7 Å². The maximum Gasteiger partial charge on any atom is 0.181 e. The summed E-state index contributed by atoms with van der Waals surface area (Å²) in [6, 6.07) is 6.54. The molecule has 110 valence electrons. The zero-order valence-electron chi connectivity index (χ0n) is 12.4. The lowest BCUT2D eigenvalue weighted by molar-refractivity contribution is 0.429. The molecule has 2 heterocycles. The quantitative estimate of drug-likeness (QED) is 0.879. The first kappa shape index (κ1) is 12.9. The summed E-state index contributed by atoms with van der Waals surface area (Å²) in [6.07, 6.45) is 8.88. The minimum atomic E-state index is 0.583. The maximum absolute atomic E-state index is 4.77. The van der Waals surface area contributed by atoms with Crippen LogP contribution in [0.2, 0.25) is 0 Å². The number of hydrogen-bond acceptors (Lipinski definition) is 3. The standard InChI is InChI=1S/C17H22N4/c1-2-5-12(6-3-1)16-19-17(21-20-16)14-8-9-15-13(11-14)7-4-10-18-15/h8-9,11-12,18H,1-7,10H2,(H,19,20,21). The second kappa shape index (κ2) is 5.51. The molecule has 0 unspecified atom stereocenters. The van der Waals surface area contributed by atoms with Crippen LogP contribution < -0.4 is 5.32 Å². The third-order valence-corrected chi connectivity index (χ3v) is 4.80. The Morgan fingerprint density at radius 2 is 1.95 bits per heavy atom. The number of aromatic nitrogens is 3. The van der Waals surface area contributed by atoms with Gasteiger partial charge in [0.05, 0.1) is 0 Å². The van der Waals surface area contributed by atoms with Crippen LogP contribution in [0.1, 0.15) is 55.8 Å². The van der Waals surface area contributed by atoms with E-state index in [1.807, 2.05) is 0 Å². The van der Waals surface area contributed by atoms with Gasteiger partial charge in [-0.1, -0.05) is 19.3 Å². The predicted molar refractivity (Wildman–Crippen MR) is 84.5 cm³/mol. The Morgan fingerprint density at radius 1 is 1.05 bits per heavy atom. The Labute approximate surface area is 125 Å². The normalized spacial score (nSPS) is 19.0. The largest absolute Gasteiger partial charge is 0.385 e. The molecule has 0 bridgehead atoms. The Morgan fingerprint density at radius 3 is 2.86 bits per heavy atom. The van der Waals surface area contributed by atoms with Crippen LogP contribution in [0.25, 0.3) is 11.4 Å². The Balaban J connectivity index is 1.60. The van der Waals surface area contributed by atoms with Crippen LogP contribution in [-0.4, -0.2) is 21.7 Å². The molecule has 4 nitrogen and oxygen atoms in total. The van der Waals surface area contributed by atoms with Crippen molar-refractivity contribution in [2.45, 2.75) is 50.9 Å². The fraction of sp³-hybridized carbons (Fsp3) is 0.529. The van der Waals surface area contributed by atoms with Crippen molar-refractivity contribution in [3.8, 4) is 11.4 Å². The summed E-state index contributed by atoms with van der Waals surface area (Å²) >= 11 is 0. The molecule has 0 amide bonds. The average molecular weight is 282 g/mol. The van der Waals surface area contributed by atoms with Crippen molar-refractivity contribution in [1.29, 1.82) is 0 Å². The first-order valence-corrected chi connectivity index (χ1v) is 8.19. The highest BCUT2D eigenvalue weighted by Crippen LogP contribution is 2.32. The number of H-pyrrole nitrogens is 1. The third kappa shape index (κ3) is 2.55. The molecule has 0 saturated heterocycles. The number of benzene rings is 1. The molecule has 0 spiro atoms. The number of aryl methyl sites for hydroxylation is 1. The first-order chi connectivity index (χ1) is 10.4. The lowest BCUT2D eigenvalue weighted by Crippen LogP contribution is -2.11. The number of rotatable bonds is 2. The molecule has 1 aromatic carbocycles. The predicted octanol–water partition coefficient (Wildman–Crippen LogP) is 3.88. The molecule has 2 aliphatic rings. The molecule has 2 N–H and O–H groups in total. The molecular formula is C17H22N4. The molecule has 1 saturated carbocycles. The summed E-state index contributed by atoms with van der Waals surface area (Å²) < 4.78 is 0. The second-order valence-electron chi connectivity index (χ2n) is 6.28. The monoisotopic (exact) mass is 282 g/mol. The first-order valence-electron chi connectivity index (χ1n) is 8.19. The number of hydrogen-bond donors (Lipinski definition) is 2. The summed E-state index contributed by atoms with van der Waals surface area (Å²) in [7, 11) is 0. The molecular weight excluding hydrogens is 260 g/mol. The fourth-order valence-electron chi connectivity index (χ4n) is 3.58. The van der Waals surface area contributed by atoms with E-state index < -0.39 is 0 Å². The highest BCUT2D eigenvalue weighted by Gasteiger charge is 2.20. The number of aromatic amines is 1. The Bertz CT molecular complexity index is 625. The van der Waals surface area contributed by atoms with Crippen LogP contribution in [0, 0.1) is 0 Å². The summed E-state index contributed by atoms with van der Waals surface area (Å²) in [5.41, 5.74) is 3.80. The van der Waals surface area contributed by atoms with Gasteiger partial charge in [-0.2, -0.15) is 5.10 Å². The lowest BCUT2D eigenvalue weighted by atomic mass is 9.89. The molecule has 1 aromatic heterocycles. The highest BCUT2D eigenvalue weighted by atomic mass is 15.2. The van der Waals surface area contributed by atoms with Crippen molar-refractivity contribution in [2.24, 2.45) is 0 Å². The molecule has 0 radical (unpaired) electrons. The van der Waals surface area contributed by atoms with Crippen molar-refractivity contribution in [2.75, 3.05) is 11.9 Å². The van der Waals surface area contributed by atoms with E-state index in [9.17, 15) is 0 Å². The van der Waals surface area contributed by atoms with Gasteiger partial charge in [0.2, 0.25) is 0 Å². The van der Waals surface area contributed by atoms with Crippen molar-refractivity contribution >= 4 is 5.69 Å². The van der Waals surface area contributed by atoms with Gasteiger partial charge in [-0.15, -0.1) is 0 Å². The molecule has 1 fully saturated rings. The van der Waals surface area contributed by atoms with Gasteiger partial charge in [-0.3, -0.25) is 5.10 Å². The van der Waals surface area contributed by atoms with E-state index in [1.165, 1.54) is 49.8 Å². The van der Waals surface area contributed by atoms with E-state index in [0.29, 0.717) is 5.92 Å². The zero-order valence-corrected chi connectivity index (χ0v) is 12.4. The summed E-state index contributed by atoms with van der Waals surface area (Å²) in [5.74, 6) is 2.52. The van der Waals surface area contributed by atoms with Gasteiger partial charge in [-0.05, 0) is 49.4 Å². The SMILES string of the molecule is c1cc2c(cc1-c1n[nH]c(C3CCCCC3)n1)CCCN2. The zero-order chi connectivity index (χ0) is 14.1. The van der Waals surface area contributed by atoms with E-state index in [1.54, 1.807) is 0 Å². The van der Waals surface area contributed by atoms with Crippen LogP contribution >= 0.6 is 0 Å². The van der Waals surface area contributed by atoms with Crippen LogP contribution in [0.3, 0.4) is 0 Å². The van der Waals surface area contributed by atoms with Gasteiger partial charge in [-0.25, -0.2) is 4.98 Å². The maximum atomic E-state index is 4.77. The molecule has 1 aliphatic heterocycles. The van der Waals surface area contributed by atoms with Gasteiger partial charge >= 0.3 is 0 Å². The minimum Gasteiger partial charge on any atom is -0.385 e. The van der Waals surface area contributed by atoms with Crippen molar-refractivity contribution in [3.63, 3.8) is 0 Å².